The van der Waals surface area contributed by atoms with Gasteiger partial charge in [-0.2, -0.15) is 0 Å². The fourth-order valence-electron chi connectivity index (χ4n) is 1.40. The van der Waals surface area contributed by atoms with Gasteiger partial charge in [0.25, 0.3) is 0 Å². The molecular weight excluding hydrogens is 250 g/mol. The predicted octanol–water partition coefficient (Wildman–Crippen LogP) is 2.13. The van der Waals surface area contributed by atoms with Gasteiger partial charge in [-0.15, -0.1) is 0 Å². The van der Waals surface area contributed by atoms with Gasteiger partial charge in [0.05, 0.1) is 10.6 Å². The lowest BCUT2D eigenvalue weighted by molar-refractivity contribution is 0.0545. The fraction of sp³-hybridized carbons (Fsp3) is 0.0769. The quantitative estimate of drug-likeness (QED) is 0.647. The maximum absolute atomic E-state index is 11.7. The number of rotatable bonds is 3. The van der Waals surface area contributed by atoms with Crippen LogP contribution >= 0.6 is 10.8 Å². The molecule has 0 amide bonds. The van der Waals surface area contributed by atoms with Crippen molar-refractivity contribution in [2.24, 2.45) is 5.73 Å². The number of hydrogen-bond acceptors (Lipinski definition) is 4. The van der Waals surface area contributed by atoms with E-state index in [-0.39, 0.29) is 12.6 Å². The van der Waals surface area contributed by atoms with E-state index in [0.29, 0.717) is 10.6 Å². The van der Waals surface area contributed by atoms with E-state index in [9.17, 15) is 9.35 Å². The molecule has 3 N–H and O–H groups in total. The Balaban J connectivity index is 1.96. The van der Waals surface area contributed by atoms with Crippen molar-refractivity contribution < 1.29 is 14.1 Å². The maximum atomic E-state index is 11.7. The van der Waals surface area contributed by atoms with Crippen LogP contribution in [0.2, 0.25) is 0 Å². The van der Waals surface area contributed by atoms with Gasteiger partial charge in [-0.3, -0.25) is 0 Å². The van der Waals surface area contributed by atoms with Crippen LogP contribution in [-0.2, 0) is 4.74 Å². The van der Waals surface area contributed by atoms with Crippen molar-refractivity contribution in [1.29, 1.82) is 0 Å². The van der Waals surface area contributed by atoms with Crippen LogP contribution in [0.3, 0.4) is 0 Å². The van der Waals surface area contributed by atoms with Crippen molar-refractivity contribution in [3.63, 3.8) is 0 Å². The minimum Gasteiger partial charge on any atom is -0.457 e. The van der Waals surface area contributed by atoms with Crippen LogP contribution in [0.25, 0.3) is 0 Å². The molecule has 0 aliphatic carbocycles. The van der Waals surface area contributed by atoms with Crippen molar-refractivity contribution in [3.05, 3.63) is 58.6 Å². The molecule has 1 aliphatic rings. The van der Waals surface area contributed by atoms with E-state index in [1.807, 2.05) is 6.07 Å². The zero-order valence-corrected chi connectivity index (χ0v) is 10.4. The van der Waals surface area contributed by atoms with E-state index in [1.165, 1.54) is 0 Å². The summed E-state index contributed by atoms with van der Waals surface area (Å²) in [6.45, 7) is 0.127. The normalized spacial score (nSPS) is 18.4. The Kier molecular flexibility index (Phi) is 3.96. The third-order valence-electron chi connectivity index (χ3n) is 2.35. The second kappa shape index (κ2) is 5.66. The first-order chi connectivity index (χ1) is 8.66. The average Bonchev–Trinajstić information content (AvgIpc) is 2.41. The molecule has 0 fully saturated rings. The highest BCUT2D eigenvalue weighted by Gasteiger charge is 2.08. The van der Waals surface area contributed by atoms with Crippen molar-refractivity contribution in [1.82, 2.24) is 0 Å². The van der Waals surface area contributed by atoms with Crippen molar-refractivity contribution >= 4 is 22.1 Å². The monoisotopic (exact) mass is 263 g/mol. The van der Waals surface area contributed by atoms with Gasteiger partial charge in [0.1, 0.15) is 6.61 Å². The SMILES string of the molecule is NC1=CC=C(COC(=O)c2ccccc2)C=S1O. The first kappa shape index (κ1) is 12.6. The molecule has 0 bridgehead atoms. The molecule has 4 nitrogen and oxygen atoms in total. The van der Waals surface area contributed by atoms with Crippen molar-refractivity contribution in [2.75, 3.05) is 6.61 Å². The van der Waals surface area contributed by atoms with Crippen molar-refractivity contribution in [2.45, 2.75) is 0 Å². The molecule has 1 atom stereocenters. The number of hydrogen-bond donors (Lipinski definition) is 2. The molecule has 0 saturated heterocycles. The van der Waals surface area contributed by atoms with E-state index in [4.69, 9.17) is 10.5 Å². The molecule has 0 spiro atoms. The van der Waals surface area contributed by atoms with Crippen molar-refractivity contribution in [3.8, 4) is 0 Å². The maximum Gasteiger partial charge on any atom is 0.338 e. The fourth-order valence-corrected chi connectivity index (χ4v) is 2.18. The topological polar surface area (TPSA) is 72.5 Å². The summed E-state index contributed by atoms with van der Waals surface area (Å²) in [5, 5.41) is 2.00. The molecule has 18 heavy (non-hydrogen) atoms. The summed E-state index contributed by atoms with van der Waals surface area (Å²) < 4.78 is 14.7. The molecule has 94 valence electrons. The highest BCUT2D eigenvalue weighted by molar-refractivity contribution is 8.13. The summed E-state index contributed by atoms with van der Waals surface area (Å²) in [4.78, 5) is 11.7. The third kappa shape index (κ3) is 3.09. The number of carbonyl (C=O) groups is 1. The first-order valence-corrected chi connectivity index (χ1v) is 6.57. The Bertz CT molecular complexity index is 547. The van der Waals surface area contributed by atoms with Crippen LogP contribution in [0.4, 0.5) is 0 Å². The van der Waals surface area contributed by atoms with Gasteiger partial charge in [0.2, 0.25) is 0 Å². The van der Waals surface area contributed by atoms with Gasteiger partial charge in [-0.25, -0.2) is 4.79 Å². The zero-order valence-electron chi connectivity index (χ0n) is 9.58. The van der Waals surface area contributed by atoms with E-state index < -0.39 is 10.8 Å². The number of esters is 1. The van der Waals surface area contributed by atoms with Crippen LogP contribution in [0, 0.1) is 0 Å². The molecule has 1 unspecified atom stereocenters. The highest BCUT2D eigenvalue weighted by atomic mass is 32.2. The van der Waals surface area contributed by atoms with Gasteiger partial charge in [0.15, 0.2) is 0 Å². The molecule has 1 aliphatic heterocycles. The lowest BCUT2D eigenvalue weighted by Crippen LogP contribution is -2.10. The number of benzene rings is 1. The standard InChI is InChI=1S/C13H13NO3S/c14-12-7-6-10(9-18(12)16)8-17-13(15)11-4-2-1-3-5-11/h1-7,9,16H,8,14H2. The summed E-state index contributed by atoms with van der Waals surface area (Å²) >= 11 is 0. The molecule has 2 rings (SSSR count). The molecule has 0 aromatic heterocycles. The second-order valence-corrected chi connectivity index (χ2v) is 5.02. The van der Waals surface area contributed by atoms with E-state index in [0.717, 1.165) is 5.57 Å². The van der Waals surface area contributed by atoms with Crippen LogP contribution < -0.4 is 5.73 Å². The summed E-state index contributed by atoms with van der Waals surface area (Å²) in [5.41, 5.74) is 6.77. The largest absolute Gasteiger partial charge is 0.457 e. The first-order valence-electron chi connectivity index (χ1n) is 5.32. The Morgan fingerprint density at radius 1 is 1.28 bits per heavy atom. The number of nitrogens with two attached hydrogens (primary N) is 1. The lowest BCUT2D eigenvalue weighted by atomic mass is 10.2. The molecule has 1 aromatic rings. The summed E-state index contributed by atoms with van der Waals surface area (Å²) in [7, 11) is -1.07. The highest BCUT2D eigenvalue weighted by Crippen LogP contribution is 2.20. The van der Waals surface area contributed by atoms with Gasteiger partial charge < -0.3 is 15.0 Å². The van der Waals surface area contributed by atoms with Crippen LogP contribution in [0.5, 0.6) is 0 Å². The summed E-state index contributed by atoms with van der Waals surface area (Å²) in [6.07, 6.45) is 3.35. The van der Waals surface area contributed by atoms with Crippen LogP contribution in [-0.4, -0.2) is 22.5 Å². The summed E-state index contributed by atoms with van der Waals surface area (Å²) in [6, 6.07) is 8.76. The molecule has 5 heteroatoms. The minimum atomic E-state index is -1.07. The van der Waals surface area contributed by atoms with Crippen LogP contribution in [0.15, 0.2) is 53.1 Å². The van der Waals surface area contributed by atoms with Crippen LogP contribution in [0.1, 0.15) is 10.4 Å². The molecule has 0 radical (unpaired) electrons. The molecular formula is C13H13NO3S. The van der Waals surface area contributed by atoms with E-state index in [2.05, 4.69) is 0 Å². The summed E-state index contributed by atoms with van der Waals surface area (Å²) in [5.74, 6) is -0.384. The zero-order chi connectivity index (χ0) is 13.0. The Hall–Kier alpha value is -1.85. The van der Waals surface area contributed by atoms with E-state index in [1.54, 1.807) is 41.8 Å². The molecule has 1 aromatic carbocycles. The number of ether oxygens (including phenoxy) is 1. The second-order valence-electron chi connectivity index (χ2n) is 3.69. The number of allylic oxidation sites excluding steroid dienone is 2. The average molecular weight is 263 g/mol. The predicted molar refractivity (Wildman–Crippen MR) is 73.4 cm³/mol. The Labute approximate surface area is 108 Å². The van der Waals surface area contributed by atoms with Gasteiger partial charge in [-0.1, -0.05) is 24.3 Å². The lowest BCUT2D eigenvalue weighted by Gasteiger charge is -2.10. The van der Waals surface area contributed by atoms with E-state index >= 15 is 0 Å². The molecule has 0 saturated carbocycles. The number of carbonyl (C=O) groups excluding carboxylic acids is 1. The Morgan fingerprint density at radius 2 is 2.00 bits per heavy atom. The van der Waals surface area contributed by atoms with Gasteiger partial charge in [-0.05, 0) is 39.9 Å². The minimum absolute atomic E-state index is 0.127. The third-order valence-corrected chi connectivity index (χ3v) is 3.49. The smallest absolute Gasteiger partial charge is 0.338 e. The van der Waals surface area contributed by atoms with Gasteiger partial charge >= 0.3 is 5.97 Å². The molecule has 1 heterocycles. The van der Waals surface area contributed by atoms with Gasteiger partial charge in [0, 0.05) is 0 Å². The Morgan fingerprint density at radius 3 is 2.67 bits per heavy atom.